The number of fused-ring (bicyclic) bond motifs is 1. The largest absolute Gasteiger partial charge is 0.417 e. The Kier molecular flexibility index (Phi) is 29.7. The number of carbonyl (C=O) groups excluding carboxylic acids is 12. The summed E-state index contributed by atoms with van der Waals surface area (Å²) in [6.45, 7) is 13.4. The Morgan fingerprint density at radius 2 is 1.27 bits per heavy atom. The van der Waals surface area contributed by atoms with Crippen LogP contribution in [0.3, 0.4) is 0 Å². The Labute approximate surface area is 619 Å². The van der Waals surface area contributed by atoms with Gasteiger partial charge in [-0.3, -0.25) is 57.5 Å². The van der Waals surface area contributed by atoms with E-state index >= 15 is 28.4 Å². The van der Waals surface area contributed by atoms with Crippen molar-refractivity contribution in [1.29, 1.82) is 0 Å². The molecule has 0 bridgehead atoms. The molecule has 3 fully saturated rings. The number of aryl methyl sites for hydroxylation is 2. The number of nitrogens with zero attached hydrogens (tertiary/aromatic N) is 9. The van der Waals surface area contributed by atoms with Crippen LogP contribution in [0.25, 0.3) is 0 Å². The van der Waals surface area contributed by atoms with E-state index in [0.717, 1.165) is 44.5 Å². The molecule has 2 aliphatic heterocycles. The van der Waals surface area contributed by atoms with Crippen molar-refractivity contribution >= 4 is 82.5 Å². The molecule has 6 rings (SSSR count). The molecule has 11 atom stereocenters. The van der Waals surface area contributed by atoms with Crippen molar-refractivity contribution in [3.63, 3.8) is 0 Å². The van der Waals surface area contributed by atoms with Crippen LogP contribution in [-0.4, -0.2) is 251 Å². The summed E-state index contributed by atoms with van der Waals surface area (Å²) in [6.07, 6.45) is -4.91. The van der Waals surface area contributed by atoms with Gasteiger partial charge < -0.3 is 60.0 Å². The zero-order valence-electron chi connectivity index (χ0n) is 63.7. The topological polar surface area (TPSA) is 270 Å². The van der Waals surface area contributed by atoms with E-state index in [1.165, 1.54) is 118 Å². The SMILES string of the molecule is CC[C@H](C)[C@@H]1NC(=O)[C@H](CC(C)C)N(C)C(=O)C[C@@H](C(=O)N(C)C)N(C)C(=O)[C@H]([C@@H](C)CC)N(C)C(=O)C2(CCCC2)NC(=O)[C@H](Cc2ccccc2F)N(C)C(=O)[C@H](CCc2ccc(C(F)(F)F)c(Cl)c2)NC(=O)CN(C)C(=O)[C@H](Cc2ccc(C)cc2)N(C)C(=O)[C@@H]2CCN2C(=O)[C@H](C)N(C)C1=O. The van der Waals surface area contributed by atoms with Gasteiger partial charge in [0, 0.05) is 82.8 Å². The summed E-state index contributed by atoms with van der Waals surface area (Å²) in [4.78, 5) is 191. The molecule has 24 nitrogen and oxygen atoms in total. The van der Waals surface area contributed by atoms with Crippen LogP contribution < -0.4 is 16.0 Å². The maximum absolute atomic E-state index is 16.0. The Morgan fingerprint density at radius 3 is 1.82 bits per heavy atom. The maximum Gasteiger partial charge on any atom is 0.417 e. The number of alkyl halides is 3. The first-order chi connectivity index (χ1) is 49.1. The fraction of sp³-hybridized carbons (Fsp3) is 0.605. The average molecular weight is 1490 g/mol. The molecule has 1 aliphatic carbocycles. The summed E-state index contributed by atoms with van der Waals surface area (Å²) in [5, 5.41) is 7.86. The van der Waals surface area contributed by atoms with Crippen LogP contribution in [0.15, 0.2) is 66.7 Å². The van der Waals surface area contributed by atoms with Crippen molar-refractivity contribution in [2.75, 3.05) is 76.5 Å². The molecule has 0 unspecified atom stereocenters. The van der Waals surface area contributed by atoms with Crippen LogP contribution in [0.2, 0.25) is 5.02 Å². The van der Waals surface area contributed by atoms with E-state index in [-0.39, 0.29) is 68.5 Å². The number of hydrogen-bond acceptors (Lipinski definition) is 12. The highest BCUT2D eigenvalue weighted by molar-refractivity contribution is 6.31. The summed E-state index contributed by atoms with van der Waals surface area (Å²) in [7, 11) is 12.3. The number of likely N-dealkylation sites (N-methyl/N-ethyl adjacent to an activating group) is 8. The molecular weight excluding hydrogens is 1380 g/mol. The molecule has 3 aliphatic rings. The van der Waals surface area contributed by atoms with Crippen LogP contribution in [0.1, 0.15) is 140 Å². The third-order valence-corrected chi connectivity index (χ3v) is 21.7. The standard InChI is InChI=1S/C76H107ClF4N12O12/c1-18-46(6)63-72(103)87(12)48(8)67(98)93-37-34-56(93)71(102)90(15)59(40-50-28-26-45(5)27-29-50)70(101)86(11)43-61(94)82-55(33-31-49-30-32-52(53(77)39-49)76(79,80)81)68(99)89(14)58(41-51-24-20-21-25-54(51)78)66(97)84-75(35-22-23-36-75)74(105)92(17)64(47(7)19-2)73(104)91(16)60(69(100)85(9)10)42-62(95)88(13)57(38-44(3)4)65(96)83-63/h20-21,24-30,32,39,44,46-48,55-60,63-64H,18-19,22-23,31,33-38,40-43H2,1-17H3,(H,82,94)(H,83,96)(H,84,97)/t46-,47-,48-,55-,56-,57-,58-,59-,60-,63-,64-/m0/s1. The number of halogens is 5. The molecule has 3 aromatic carbocycles. The van der Waals surface area contributed by atoms with Gasteiger partial charge in [-0.2, -0.15) is 13.2 Å². The molecule has 2 heterocycles. The van der Waals surface area contributed by atoms with E-state index in [1.54, 1.807) is 32.9 Å². The van der Waals surface area contributed by atoms with Crippen molar-refractivity contribution in [1.82, 2.24) is 60.0 Å². The second kappa shape index (κ2) is 36.5. The van der Waals surface area contributed by atoms with Crippen LogP contribution >= 0.6 is 11.6 Å². The third kappa shape index (κ3) is 20.5. The van der Waals surface area contributed by atoms with Gasteiger partial charge in [-0.25, -0.2) is 4.39 Å². The van der Waals surface area contributed by atoms with Gasteiger partial charge in [-0.1, -0.05) is 133 Å². The second-order valence-electron chi connectivity index (χ2n) is 29.5. The smallest absolute Gasteiger partial charge is 0.347 e. The van der Waals surface area contributed by atoms with Crippen LogP contribution in [0.4, 0.5) is 17.6 Å². The summed E-state index contributed by atoms with van der Waals surface area (Å²) in [5.74, 6) is -11.3. The van der Waals surface area contributed by atoms with Gasteiger partial charge in [-0.05, 0) is 105 Å². The van der Waals surface area contributed by atoms with Crippen molar-refractivity contribution in [2.24, 2.45) is 17.8 Å². The Hall–Kier alpha value is -8.69. The van der Waals surface area contributed by atoms with Crippen LogP contribution in [0.5, 0.6) is 0 Å². The summed E-state index contributed by atoms with van der Waals surface area (Å²) >= 11 is 6.17. The molecule has 1 spiro atoms. The molecular formula is C76H107ClF4N12O12. The minimum atomic E-state index is -4.82. The van der Waals surface area contributed by atoms with E-state index in [0.29, 0.717) is 31.2 Å². The average Bonchev–Trinajstić information content (AvgIpc) is 1.73. The zero-order chi connectivity index (χ0) is 78.6. The minimum absolute atomic E-state index is 0.0220. The molecule has 2 saturated heterocycles. The molecule has 3 N–H and O–H groups in total. The van der Waals surface area contributed by atoms with Crippen LogP contribution in [-0.2, 0) is 83.0 Å². The highest BCUT2D eigenvalue weighted by Crippen LogP contribution is 2.37. The van der Waals surface area contributed by atoms with Gasteiger partial charge in [0.2, 0.25) is 70.9 Å². The number of hydrogen-bond donors (Lipinski definition) is 3. The van der Waals surface area contributed by atoms with Crippen molar-refractivity contribution < 1.29 is 75.1 Å². The molecule has 29 heteroatoms. The van der Waals surface area contributed by atoms with Gasteiger partial charge >= 0.3 is 6.18 Å². The Balaban J connectivity index is 1.51. The lowest BCUT2D eigenvalue weighted by Gasteiger charge is -2.45. The highest BCUT2D eigenvalue weighted by Gasteiger charge is 2.51. The second-order valence-corrected chi connectivity index (χ2v) is 29.9. The lowest BCUT2D eigenvalue weighted by atomic mass is 9.90. The van der Waals surface area contributed by atoms with E-state index in [2.05, 4.69) is 16.0 Å². The van der Waals surface area contributed by atoms with Gasteiger partial charge in [0.15, 0.2) is 0 Å². The molecule has 578 valence electrons. The predicted molar refractivity (Wildman–Crippen MR) is 387 cm³/mol. The fourth-order valence-electron chi connectivity index (χ4n) is 13.9. The van der Waals surface area contributed by atoms with E-state index < -0.39 is 185 Å². The van der Waals surface area contributed by atoms with Crippen molar-refractivity contribution in [3.8, 4) is 0 Å². The normalized spacial score (nSPS) is 24.8. The van der Waals surface area contributed by atoms with Gasteiger partial charge in [0.05, 0.1) is 23.6 Å². The lowest BCUT2D eigenvalue weighted by Crippen LogP contribution is -2.65. The molecule has 0 radical (unpaired) electrons. The van der Waals surface area contributed by atoms with Gasteiger partial charge in [0.25, 0.3) is 0 Å². The number of nitrogens with one attached hydrogen (secondary N) is 3. The minimum Gasteiger partial charge on any atom is -0.347 e. The number of amides is 12. The summed E-state index contributed by atoms with van der Waals surface area (Å²) < 4.78 is 57.9. The van der Waals surface area contributed by atoms with E-state index in [1.807, 2.05) is 39.8 Å². The van der Waals surface area contributed by atoms with E-state index in [4.69, 9.17) is 11.6 Å². The third-order valence-electron chi connectivity index (χ3n) is 21.4. The Bertz CT molecular complexity index is 3670. The molecule has 12 amide bonds. The zero-order valence-corrected chi connectivity index (χ0v) is 64.5. The van der Waals surface area contributed by atoms with Crippen LogP contribution in [0, 0.1) is 30.5 Å². The number of carbonyl (C=O) groups is 12. The molecule has 1 saturated carbocycles. The maximum atomic E-state index is 16.0. The number of benzene rings is 3. The monoisotopic (exact) mass is 1490 g/mol. The fourth-order valence-corrected chi connectivity index (χ4v) is 14.3. The predicted octanol–water partition coefficient (Wildman–Crippen LogP) is 6.29. The van der Waals surface area contributed by atoms with E-state index in [9.17, 15) is 46.7 Å². The van der Waals surface area contributed by atoms with Gasteiger partial charge in [0.1, 0.15) is 65.7 Å². The van der Waals surface area contributed by atoms with Gasteiger partial charge in [-0.15, -0.1) is 0 Å². The first-order valence-corrected chi connectivity index (χ1v) is 36.4. The van der Waals surface area contributed by atoms with Crippen molar-refractivity contribution in [3.05, 3.63) is 105 Å². The molecule has 0 aromatic heterocycles. The first-order valence-electron chi connectivity index (χ1n) is 36.1. The lowest BCUT2D eigenvalue weighted by molar-refractivity contribution is -0.160. The molecule has 3 aromatic rings. The van der Waals surface area contributed by atoms with Crippen molar-refractivity contribution in [2.45, 2.75) is 205 Å². The Morgan fingerprint density at radius 1 is 0.667 bits per heavy atom. The number of rotatable bonds is 14. The molecule has 105 heavy (non-hydrogen) atoms. The summed E-state index contributed by atoms with van der Waals surface area (Å²) in [6, 6.07) is 3.20. The highest BCUT2D eigenvalue weighted by atomic mass is 35.5. The first kappa shape index (κ1) is 85.2. The quantitative estimate of drug-likeness (QED) is 0.150. The summed E-state index contributed by atoms with van der Waals surface area (Å²) in [5.41, 5.74) is -1.24.